The van der Waals surface area contributed by atoms with Crippen molar-refractivity contribution in [1.29, 1.82) is 0 Å². The van der Waals surface area contributed by atoms with Gasteiger partial charge < -0.3 is 15.7 Å². The van der Waals surface area contributed by atoms with Crippen LogP contribution in [0.1, 0.15) is 27.2 Å². The van der Waals surface area contributed by atoms with Crippen molar-refractivity contribution in [3.63, 3.8) is 0 Å². The zero-order valence-corrected chi connectivity index (χ0v) is 10.7. The van der Waals surface area contributed by atoms with E-state index < -0.39 is 5.97 Å². The van der Waals surface area contributed by atoms with Gasteiger partial charge in [-0.2, -0.15) is 0 Å². The highest BCUT2D eigenvalue weighted by molar-refractivity contribution is 5.78. The molecule has 0 spiro atoms. The van der Waals surface area contributed by atoms with Crippen LogP contribution in [0, 0.1) is 17.8 Å². The second-order valence-corrected chi connectivity index (χ2v) is 5.30. The Morgan fingerprint density at radius 1 is 1.35 bits per heavy atom. The van der Waals surface area contributed by atoms with E-state index in [1.165, 1.54) is 0 Å². The Balaban J connectivity index is 2.33. The fourth-order valence-corrected chi connectivity index (χ4v) is 1.80. The molecule has 0 saturated carbocycles. The zero-order chi connectivity index (χ0) is 13.2. The van der Waals surface area contributed by atoms with Gasteiger partial charge >= 0.3 is 5.97 Å². The third-order valence-electron chi connectivity index (χ3n) is 3.63. The molecule has 5 nitrogen and oxygen atoms in total. The van der Waals surface area contributed by atoms with Crippen LogP contribution < -0.4 is 5.73 Å². The van der Waals surface area contributed by atoms with Crippen LogP contribution in [-0.2, 0) is 9.59 Å². The Kier molecular flexibility index (Phi) is 4.51. The maximum absolute atomic E-state index is 11.8. The molecule has 1 heterocycles. The molecule has 1 rings (SSSR count). The van der Waals surface area contributed by atoms with E-state index >= 15 is 0 Å². The molecule has 98 valence electrons. The monoisotopic (exact) mass is 242 g/mol. The Hall–Kier alpha value is -1.10. The summed E-state index contributed by atoms with van der Waals surface area (Å²) in [7, 11) is 0. The van der Waals surface area contributed by atoms with Crippen LogP contribution in [0.5, 0.6) is 0 Å². The van der Waals surface area contributed by atoms with Gasteiger partial charge in [-0.3, -0.25) is 9.59 Å². The molecule has 1 saturated heterocycles. The average Bonchev–Trinajstić information content (AvgIpc) is 2.14. The number of hydrogen-bond donors (Lipinski definition) is 2. The van der Waals surface area contributed by atoms with E-state index in [2.05, 4.69) is 0 Å². The van der Waals surface area contributed by atoms with Gasteiger partial charge in [-0.05, 0) is 5.92 Å². The van der Waals surface area contributed by atoms with Crippen molar-refractivity contribution in [3.05, 3.63) is 0 Å². The number of carbonyl (C=O) groups excluding carboxylic acids is 1. The lowest BCUT2D eigenvalue weighted by Gasteiger charge is -2.41. The summed E-state index contributed by atoms with van der Waals surface area (Å²) >= 11 is 0. The molecule has 5 heteroatoms. The minimum Gasteiger partial charge on any atom is -0.481 e. The van der Waals surface area contributed by atoms with Crippen LogP contribution in [-0.4, -0.2) is 41.0 Å². The van der Waals surface area contributed by atoms with Crippen molar-refractivity contribution in [2.75, 3.05) is 13.1 Å². The van der Waals surface area contributed by atoms with Gasteiger partial charge in [-0.25, -0.2) is 0 Å². The second kappa shape index (κ2) is 5.49. The zero-order valence-electron chi connectivity index (χ0n) is 10.7. The predicted molar refractivity (Wildman–Crippen MR) is 64.3 cm³/mol. The highest BCUT2D eigenvalue weighted by Gasteiger charge is 2.37. The molecule has 1 aliphatic heterocycles. The predicted octanol–water partition coefficient (Wildman–Crippen LogP) is 0.539. The quantitative estimate of drug-likeness (QED) is 0.737. The lowest BCUT2D eigenvalue weighted by Crippen LogP contribution is -2.54. The highest BCUT2D eigenvalue weighted by Crippen LogP contribution is 2.25. The number of nitrogens with zero attached hydrogens (tertiary/aromatic N) is 1. The van der Waals surface area contributed by atoms with E-state index in [0.29, 0.717) is 19.5 Å². The fourth-order valence-electron chi connectivity index (χ4n) is 1.80. The summed E-state index contributed by atoms with van der Waals surface area (Å²) < 4.78 is 0. The van der Waals surface area contributed by atoms with Crippen LogP contribution >= 0.6 is 0 Å². The first-order valence-electron chi connectivity index (χ1n) is 6.09. The summed E-state index contributed by atoms with van der Waals surface area (Å²) in [6.45, 7) is 6.77. The topological polar surface area (TPSA) is 83.6 Å². The second-order valence-electron chi connectivity index (χ2n) is 5.30. The van der Waals surface area contributed by atoms with E-state index in [1.54, 1.807) is 11.8 Å². The van der Waals surface area contributed by atoms with Crippen molar-refractivity contribution < 1.29 is 14.7 Å². The van der Waals surface area contributed by atoms with Crippen molar-refractivity contribution in [1.82, 2.24) is 4.90 Å². The number of carboxylic acids is 1. The van der Waals surface area contributed by atoms with E-state index in [1.807, 2.05) is 13.8 Å². The van der Waals surface area contributed by atoms with Crippen LogP contribution in [0.2, 0.25) is 0 Å². The minimum atomic E-state index is -0.791. The molecule has 0 radical (unpaired) electrons. The molecule has 1 fully saturated rings. The number of carboxylic acid groups (broad SMARTS) is 1. The van der Waals surface area contributed by atoms with Crippen LogP contribution in [0.4, 0.5) is 0 Å². The first-order chi connectivity index (χ1) is 7.82. The summed E-state index contributed by atoms with van der Waals surface area (Å²) in [5, 5.41) is 8.84. The lowest BCUT2D eigenvalue weighted by molar-refractivity contribution is -0.150. The van der Waals surface area contributed by atoms with Crippen LogP contribution in [0.3, 0.4) is 0 Å². The third-order valence-corrected chi connectivity index (χ3v) is 3.63. The SMILES string of the molecule is CC(C)C(N)CC(=O)N1CC(C(C)C(=O)O)C1. The molecule has 0 aromatic rings. The van der Waals surface area contributed by atoms with Gasteiger partial charge in [0.1, 0.15) is 0 Å². The van der Waals surface area contributed by atoms with Crippen molar-refractivity contribution in [2.24, 2.45) is 23.5 Å². The molecule has 17 heavy (non-hydrogen) atoms. The molecule has 1 aliphatic rings. The smallest absolute Gasteiger partial charge is 0.306 e. The first kappa shape index (κ1) is 14.0. The number of carbonyl (C=O) groups is 2. The van der Waals surface area contributed by atoms with E-state index in [0.717, 1.165) is 0 Å². The Morgan fingerprint density at radius 3 is 2.29 bits per heavy atom. The Bertz CT molecular complexity index is 298. The van der Waals surface area contributed by atoms with Gasteiger partial charge in [-0.1, -0.05) is 20.8 Å². The number of nitrogens with two attached hydrogens (primary N) is 1. The molecule has 0 aromatic carbocycles. The summed E-state index contributed by atoms with van der Waals surface area (Å²) in [6.07, 6.45) is 0.353. The summed E-state index contributed by atoms with van der Waals surface area (Å²) in [6, 6.07) is -0.113. The average molecular weight is 242 g/mol. The summed E-state index contributed by atoms with van der Waals surface area (Å²) in [5.74, 6) is -0.750. The van der Waals surface area contributed by atoms with Gasteiger partial charge in [-0.15, -0.1) is 0 Å². The highest BCUT2D eigenvalue weighted by atomic mass is 16.4. The normalized spacial score (nSPS) is 19.9. The summed E-state index contributed by atoms with van der Waals surface area (Å²) in [4.78, 5) is 24.2. The Labute approximate surface area is 102 Å². The molecule has 1 amide bonds. The van der Waals surface area contributed by atoms with Crippen molar-refractivity contribution >= 4 is 11.9 Å². The van der Waals surface area contributed by atoms with Gasteiger partial charge in [0.15, 0.2) is 0 Å². The maximum Gasteiger partial charge on any atom is 0.306 e. The maximum atomic E-state index is 11.8. The van der Waals surface area contributed by atoms with Gasteiger partial charge in [0.05, 0.1) is 5.92 Å². The van der Waals surface area contributed by atoms with Gasteiger partial charge in [0, 0.05) is 31.5 Å². The number of rotatable bonds is 5. The van der Waals surface area contributed by atoms with Gasteiger partial charge in [0.2, 0.25) is 5.91 Å². The number of likely N-dealkylation sites (tertiary alicyclic amines) is 1. The molecular weight excluding hydrogens is 220 g/mol. The molecule has 2 atom stereocenters. The van der Waals surface area contributed by atoms with Crippen molar-refractivity contribution in [3.8, 4) is 0 Å². The molecule has 2 unspecified atom stereocenters. The van der Waals surface area contributed by atoms with Crippen molar-refractivity contribution in [2.45, 2.75) is 33.2 Å². The fraction of sp³-hybridized carbons (Fsp3) is 0.833. The van der Waals surface area contributed by atoms with Crippen LogP contribution in [0.25, 0.3) is 0 Å². The standard InChI is InChI=1S/C12H22N2O3/c1-7(2)10(13)4-11(15)14-5-9(6-14)8(3)12(16)17/h7-10H,4-6,13H2,1-3H3,(H,16,17). The van der Waals surface area contributed by atoms with E-state index in [-0.39, 0.29) is 29.7 Å². The molecular formula is C12H22N2O3. The first-order valence-corrected chi connectivity index (χ1v) is 6.09. The summed E-state index contributed by atoms with van der Waals surface area (Å²) in [5.41, 5.74) is 5.84. The largest absolute Gasteiger partial charge is 0.481 e. The third kappa shape index (κ3) is 3.43. The molecule has 0 aliphatic carbocycles. The minimum absolute atomic E-state index is 0.0417. The molecule has 3 N–H and O–H groups in total. The van der Waals surface area contributed by atoms with E-state index in [4.69, 9.17) is 10.8 Å². The number of hydrogen-bond acceptors (Lipinski definition) is 3. The van der Waals surface area contributed by atoms with Crippen LogP contribution in [0.15, 0.2) is 0 Å². The Morgan fingerprint density at radius 2 is 1.88 bits per heavy atom. The molecule has 0 bridgehead atoms. The lowest BCUT2D eigenvalue weighted by atomic mass is 9.86. The number of aliphatic carboxylic acids is 1. The number of amides is 1. The molecule has 0 aromatic heterocycles. The van der Waals surface area contributed by atoms with Gasteiger partial charge in [0.25, 0.3) is 0 Å². The van der Waals surface area contributed by atoms with E-state index in [9.17, 15) is 9.59 Å².